The zero-order valence-electron chi connectivity index (χ0n) is 10.4. The number of nitrogen functional groups attached to an aromatic ring is 1. The third kappa shape index (κ3) is 3.68. The van der Waals surface area contributed by atoms with Gasteiger partial charge in [0.1, 0.15) is 5.84 Å². The van der Waals surface area contributed by atoms with Crippen LogP contribution >= 0.6 is 23.4 Å². The van der Waals surface area contributed by atoms with Gasteiger partial charge in [0, 0.05) is 28.7 Å². The Hall–Kier alpha value is -1.59. The van der Waals surface area contributed by atoms with E-state index in [2.05, 4.69) is 9.97 Å². The first-order valence-electron chi connectivity index (χ1n) is 5.60. The molecule has 0 atom stereocenters. The minimum absolute atomic E-state index is 0.0166. The quantitative estimate of drug-likeness (QED) is 0.393. The van der Waals surface area contributed by atoms with E-state index in [4.69, 9.17) is 22.7 Å². The summed E-state index contributed by atoms with van der Waals surface area (Å²) in [6.07, 6.45) is 3.57. The van der Waals surface area contributed by atoms with Crippen molar-refractivity contribution < 1.29 is 0 Å². The summed E-state index contributed by atoms with van der Waals surface area (Å²) in [5, 5.41) is 8.68. The fourth-order valence-corrected chi connectivity index (χ4v) is 2.55. The molecule has 0 aliphatic heterocycles. The number of amidine groups is 1. The van der Waals surface area contributed by atoms with Crippen LogP contribution in [-0.2, 0) is 5.75 Å². The van der Waals surface area contributed by atoms with Gasteiger partial charge in [-0.15, -0.1) is 0 Å². The molecule has 1 heterocycles. The van der Waals surface area contributed by atoms with Crippen LogP contribution in [0, 0.1) is 12.3 Å². The number of benzene rings is 1. The smallest absolute Gasteiger partial charge is 0.187 e. The zero-order chi connectivity index (χ0) is 13.8. The van der Waals surface area contributed by atoms with Crippen LogP contribution < -0.4 is 5.73 Å². The van der Waals surface area contributed by atoms with Gasteiger partial charge in [0.2, 0.25) is 0 Å². The molecule has 6 heteroatoms. The van der Waals surface area contributed by atoms with Crippen molar-refractivity contribution in [2.75, 3.05) is 0 Å². The first kappa shape index (κ1) is 13.8. The van der Waals surface area contributed by atoms with Crippen LogP contribution in [0.25, 0.3) is 0 Å². The third-order valence-electron chi connectivity index (χ3n) is 2.48. The number of rotatable bonds is 4. The normalized spacial score (nSPS) is 10.4. The fraction of sp³-hybridized carbons (Fsp3) is 0.154. The first-order chi connectivity index (χ1) is 9.06. The predicted octanol–water partition coefficient (Wildman–Crippen LogP) is 3.01. The summed E-state index contributed by atoms with van der Waals surface area (Å²) in [4.78, 5) is 8.45. The molecule has 0 spiro atoms. The molecule has 0 amide bonds. The molecule has 2 rings (SSSR count). The van der Waals surface area contributed by atoms with Crippen LogP contribution in [0.1, 0.15) is 16.7 Å². The number of aryl methyl sites for hydroxylation is 1. The van der Waals surface area contributed by atoms with Crippen molar-refractivity contribution in [2.24, 2.45) is 5.73 Å². The van der Waals surface area contributed by atoms with E-state index in [9.17, 15) is 0 Å². The number of nitrogens with two attached hydrogens (primary N) is 1. The zero-order valence-corrected chi connectivity index (χ0v) is 11.9. The minimum Gasteiger partial charge on any atom is -0.384 e. The molecule has 98 valence electrons. The largest absolute Gasteiger partial charge is 0.384 e. The number of nitrogens with one attached hydrogen (secondary N) is 1. The molecule has 1 aromatic carbocycles. The Labute approximate surface area is 120 Å². The first-order valence-corrected chi connectivity index (χ1v) is 6.97. The Morgan fingerprint density at radius 1 is 1.37 bits per heavy atom. The predicted molar refractivity (Wildman–Crippen MR) is 78.8 cm³/mol. The van der Waals surface area contributed by atoms with Crippen LogP contribution in [0.2, 0.25) is 5.02 Å². The summed E-state index contributed by atoms with van der Waals surface area (Å²) in [5.74, 6) is 0.697. The molecule has 2 aromatic rings. The van der Waals surface area contributed by atoms with Crippen molar-refractivity contribution in [3.8, 4) is 0 Å². The topological polar surface area (TPSA) is 75.7 Å². The maximum absolute atomic E-state index is 7.35. The SMILES string of the molecule is Cc1cnc(SCc2ccc(C(=N)N)cc2Cl)nc1. The van der Waals surface area contributed by atoms with E-state index in [-0.39, 0.29) is 5.84 Å². The number of hydrogen-bond acceptors (Lipinski definition) is 4. The monoisotopic (exact) mass is 292 g/mol. The van der Waals surface area contributed by atoms with Gasteiger partial charge in [-0.05, 0) is 24.1 Å². The molecule has 0 unspecified atom stereocenters. The van der Waals surface area contributed by atoms with Gasteiger partial charge in [-0.25, -0.2) is 9.97 Å². The minimum atomic E-state index is 0.0166. The summed E-state index contributed by atoms with van der Waals surface area (Å²) in [6, 6.07) is 5.37. The van der Waals surface area contributed by atoms with E-state index in [0.717, 1.165) is 16.3 Å². The summed E-state index contributed by atoms with van der Waals surface area (Å²) < 4.78 is 0. The molecule has 0 saturated carbocycles. The third-order valence-corrected chi connectivity index (χ3v) is 3.75. The van der Waals surface area contributed by atoms with E-state index < -0.39 is 0 Å². The Bertz CT molecular complexity index is 598. The van der Waals surface area contributed by atoms with Gasteiger partial charge in [-0.3, -0.25) is 5.41 Å². The van der Waals surface area contributed by atoms with Crippen molar-refractivity contribution in [3.05, 3.63) is 52.3 Å². The van der Waals surface area contributed by atoms with Gasteiger partial charge in [0.15, 0.2) is 5.16 Å². The highest BCUT2D eigenvalue weighted by Gasteiger charge is 2.05. The average molecular weight is 293 g/mol. The lowest BCUT2D eigenvalue weighted by atomic mass is 10.1. The summed E-state index contributed by atoms with van der Waals surface area (Å²) >= 11 is 7.68. The van der Waals surface area contributed by atoms with Gasteiger partial charge in [0.25, 0.3) is 0 Å². The standard InChI is InChI=1S/C13H13ClN4S/c1-8-5-17-13(18-6-8)19-7-10-3-2-9(12(15)16)4-11(10)14/h2-6H,7H2,1H3,(H3,15,16). The second-order valence-corrected chi connectivity index (χ2v) is 5.40. The molecular weight excluding hydrogens is 280 g/mol. The maximum Gasteiger partial charge on any atom is 0.187 e. The molecule has 4 nitrogen and oxygen atoms in total. The molecule has 0 radical (unpaired) electrons. The number of nitrogens with zero attached hydrogens (tertiary/aromatic N) is 2. The fourth-order valence-electron chi connectivity index (χ4n) is 1.43. The van der Waals surface area contributed by atoms with E-state index in [1.54, 1.807) is 24.5 Å². The Kier molecular flexibility index (Phi) is 4.39. The highest BCUT2D eigenvalue weighted by Crippen LogP contribution is 2.25. The molecule has 19 heavy (non-hydrogen) atoms. The second-order valence-electron chi connectivity index (χ2n) is 4.05. The molecule has 1 aromatic heterocycles. The number of aromatic nitrogens is 2. The molecule has 3 N–H and O–H groups in total. The number of halogens is 1. The van der Waals surface area contributed by atoms with Crippen molar-refractivity contribution in [1.29, 1.82) is 5.41 Å². The van der Waals surface area contributed by atoms with Crippen LogP contribution in [0.15, 0.2) is 35.7 Å². The van der Waals surface area contributed by atoms with E-state index in [1.165, 1.54) is 11.8 Å². The van der Waals surface area contributed by atoms with E-state index >= 15 is 0 Å². The molecule has 0 aliphatic carbocycles. The van der Waals surface area contributed by atoms with Crippen LogP contribution in [-0.4, -0.2) is 15.8 Å². The number of thioether (sulfide) groups is 1. The highest BCUT2D eigenvalue weighted by atomic mass is 35.5. The Morgan fingerprint density at radius 3 is 2.63 bits per heavy atom. The van der Waals surface area contributed by atoms with Crippen molar-refractivity contribution in [2.45, 2.75) is 17.8 Å². The molecular formula is C13H13ClN4S. The van der Waals surface area contributed by atoms with Gasteiger partial charge < -0.3 is 5.73 Å². The Balaban J connectivity index is 2.07. The van der Waals surface area contributed by atoms with Crippen LogP contribution in [0.4, 0.5) is 0 Å². The summed E-state index contributed by atoms with van der Waals surface area (Å²) in [5.41, 5.74) is 8.05. The summed E-state index contributed by atoms with van der Waals surface area (Å²) in [7, 11) is 0. The lowest BCUT2D eigenvalue weighted by Gasteiger charge is -2.06. The lowest BCUT2D eigenvalue weighted by molar-refractivity contribution is 0.949. The van der Waals surface area contributed by atoms with Crippen LogP contribution in [0.3, 0.4) is 0 Å². The average Bonchev–Trinajstić information content (AvgIpc) is 2.39. The molecule has 0 bridgehead atoms. The van der Waals surface area contributed by atoms with Crippen molar-refractivity contribution in [3.63, 3.8) is 0 Å². The summed E-state index contributed by atoms with van der Waals surface area (Å²) in [6.45, 7) is 1.95. The van der Waals surface area contributed by atoms with Crippen LogP contribution in [0.5, 0.6) is 0 Å². The van der Waals surface area contributed by atoms with Gasteiger partial charge >= 0.3 is 0 Å². The van der Waals surface area contributed by atoms with Gasteiger partial charge in [0.05, 0.1) is 0 Å². The van der Waals surface area contributed by atoms with E-state index in [0.29, 0.717) is 16.3 Å². The highest BCUT2D eigenvalue weighted by molar-refractivity contribution is 7.98. The number of hydrogen-bond donors (Lipinski definition) is 2. The van der Waals surface area contributed by atoms with Gasteiger partial charge in [-0.2, -0.15) is 0 Å². The molecule has 0 saturated heterocycles. The van der Waals surface area contributed by atoms with E-state index in [1.807, 2.05) is 13.0 Å². The van der Waals surface area contributed by atoms with Crippen molar-refractivity contribution >= 4 is 29.2 Å². The lowest BCUT2D eigenvalue weighted by Crippen LogP contribution is -2.10. The molecule has 0 aliphatic rings. The maximum atomic E-state index is 7.35. The second kappa shape index (κ2) is 6.04. The Morgan fingerprint density at radius 2 is 2.05 bits per heavy atom. The molecule has 0 fully saturated rings. The van der Waals surface area contributed by atoms with Gasteiger partial charge in [-0.1, -0.05) is 35.5 Å². The van der Waals surface area contributed by atoms with Crippen molar-refractivity contribution in [1.82, 2.24) is 9.97 Å².